The topological polar surface area (TPSA) is 91.3 Å². The zero-order valence-electron chi connectivity index (χ0n) is 37.1. The highest BCUT2D eigenvalue weighted by molar-refractivity contribution is 7.47. The van der Waals surface area contributed by atoms with Gasteiger partial charge in [-0.25, -0.2) is 4.57 Å². The Bertz CT molecular complexity index is 1040. The van der Waals surface area contributed by atoms with E-state index >= 15 is 0 Å². The SMILES string of the molecule is CCCCC/C=C\C/C=C\CCCCCCCCCC(=O)OC(COCCCCCCCC/C=C\C/C=C\CCCCCC)COP(=O)(O)OCC[N+](C)(C)C. The van der Waals surface area contributed by atoms with E-state index in [0.29, 0.717) is 24.1 Å². The van der Waals surface area contributed by atoms with Crippen molar-refractivity contribution in [3.63, 3.8) is 0 Å². The number of likely N-dealkylation sites (N-methyl/N-ethyl adjacent to an activating group) is 1. The van der Waals surface area contributed by atoms with Gasteiger partial charge >= 0.3 is 13.8 Å². The number of allylic oxidation sites excluding steroid dienone is 8. The summed E-state index contributed by atoms with van der Waals surface area (Å²) in [6.45, 7) is 5.55. The van der Waals surface area contributed by atoms with E-state index < -0.39 is 13.9 Å². The Labute approximate surface area is 346 Å². The second-order valence-electron chi connectivity index (χ2n) is 16.4. The number of quaternary nitrogens is 1. The normalized spacial score (nSPS) is 14.2. The number of carbonyl (C=O) groups is 1. The number of rotatable bonds is 42. The summed E-state index contributed by atoms with van der Waals surface area (Å²) in [5, 5.41) is 0. The summed E-state index contributed by atoms with van der Waals surface area (Å²) in [4.78, 5) is 22.9. The van der Waals surface area contributed by atoms with E-state index in [-0.39, 0.29) is 25.8 Å². The van der Waals surface area contributed by atoms with Crippen LogP contribution in [0.1, 0.15) is 187 Å². The van der Waals surface area contributed by atoms with Crippen molar-refractivity contribution in [1.29, 1.82) is 0 Å². The fourth-order valence-electron chi connectivity index (χ4n) is 6.02. The van der Waals surface area contributed by atoms with Crippen molar-refractivity contribution >= 4 is 13.8 Å². The molecule has 0 aromatic heterocycles. The van der Waals surface area contributed by atoms with Gasteiger partial charge in [0, 0.05) is 13.0 Å². The molecule has 0 heterocycles. The molecule has 1 N–H and O–H groups in total. The molecule has 0 amide bonds. The molecule has 0 aliphatic heterocycles. The smallest absolute Gasteiger partial charge is 0.457 e. The van der Waals surface area contributed by atoms with Crippen molar-refractivity contribution < 1.29 is 37.3 Å². The summed E-state index contributed by atoms with van der Waals surface area (Å²) in [6.07, 6.45) is 48.5. The second kappa shape index (κ2) is 40.2. The molecule has 8 nitrogen and oxygen atoms in total. The number of nitrogens with zero attached hydrogens (tertiary/aromatic N) is 1. The van der Waals surface area contributed by atoms with Gasteiger partial charge in [-0.1, -0.05) is 152 Å². The fourth-order valence-corrected chi connectivity index (χ4v) is 6.77. The van der Waals surface area contributed by atoms with Crippen LogP contribution < -0.4 is 0 Å². The fraction of sp³-hybridized carbons (Fsp3) is 0.809. The number of esters is 1. The van der Waals surface area contributed by atoms with Gasteiger partial charge in [0.25, 0.3) is 0 Å². The molecule has 0 aliphatic carbocycles. The Hall–Kier alpha value is -1.54. The Morgan fingerprint density at radius 2 is 0.982 bits per heavy atom. The molecule has 0 aromatic rings. The van der Waals surface area contributed by atoms with Gasteiger partial charge in [-0.3, -0.25) is 13.8 Å². The third-order valence-corrected chi connectivity index (χ3v) is 10.6. The van der Waals surface area contributed by atoms with Crippen LogP contribution >= 0.6 is 7.82 Å². The van der Waals surface area contributed by atoms with E-state index in [2.05, 4.69) is 62.5 Å². The van der Waals surface area contributed by atoms with E-state index in [9.17, 15) is 14.3 Å². The monoisotopic (exact) mass is 811 g/mol. The van der Waals surface area contributed by atoms with Gasteiger partial charge in [0.05, 0.1) is 34.4 Å². The lowest BCUT2D eigenvalue weighted by molar-refractivity contribution is -0.870. The molecular weight excluding hydrogens is 721 g/mol. The van der Waals surface area contributed by atoms with Gasteiger partial charge in [-0.05, 0) is 77.0 Å². The predicted molar refractivity (Wildman–Crippen MR) is 238 cm³/mol. The van der Waals surface area contributed by atoms with Crippen LogP contribution in [0.3, 0.4) is 0 Å². The van der Waals surface area contributed by atoms with Crippen LogP contribution in [0.25, 0.3) is 0 Å². The summed E-state index contributed by atoms with van der Waals surface area (Å²) in [6, 6.07) is 0. The summed E-state index contributed by atoms with van der Waals surface area (Å²) in [7, 11) is 1.65. The number of phosphoric ester groups is 1. The standard InChI is InChI=1S/C47H88NO7P/c1-6-8-10-12-14-16-18-20-22-24-26-28-30-32-34-36-38-40-47(49)55-46(45-54-56(50,51)53-43-41-48(3,4)5)44-52-42-39-37-35-33-31-29-27-25-23-21-19-17-15-13-11-9-7-2/h14,16-17,19-20,22-23,25,46H,6-13,15,18,21,24,26-45H2,1-5H3/p+1/b16-14-,19-17-,22-20-,25-23-. The maximum atomic E-state index is 12.7. The van der Waals surface area contributed by atoms with Gasteiger partial charge in [0.15, 0.2) is 0 Å². The zero-order chi connectivity index (χ0) is 41.3. The highest BCUT2D eigenvalue weighted by atomic mass is 31.2. The molecule has 0 aliphatic rings. The highest BCUT2D eigenvalue weighted by Crippen LogP contribution is 2.43. The number of hydrogen-bond donors (Lipinski definition) is 1. The third kappa shape index (κ3) is 43.6. The molecule has 2 unspecified atom stereocenters. The number of ether oxygens (including phenoxy) is 2. The van der Waals surface area contributed by atoms with Crippen molar-refractivity contribution in [2.75, 3.05) is 54.1 Å². The van der Waals surface area contributed by atoms with E-state index in [4.69, 9.17) is 18.5 Å². The van der Waals surface area contributed by atoms with Crippen LogP contribution in [0, 0.1) is 0 Å². The van der Waals surface area contributed by atoms with Crippen molar-refractivity contribution in [1.82, 2.24) is 0 Å². The Morgan fingerprint density at radius 3 is 1.48 bits per heavy atom. The van der Waals surface area contributed by atoms with E-state index in [1.807, 2.05) is 21.1 Å². The van der Waals surface area contributed by atoms with E-state index in [0.717, 1.165) is 57.8 Å². The second-order valence-corrected chi connectivity index (χ2v) is 17.9. The molecule has 0 saturated heterocycles. The molecule has 2 atom stereocenters. The summed E-state index contributed by atoms with van der Waals surface area (Å²) >= 11 is 0. The first kappa shape index (κ1) is 54.5. The van der Waals surface area contributed by atoms with Gasteiger partial charge in [0.1, 0.15) is 19.3 Å². The number of phosphoric acid groups is 1. The van der Waals surface area contributed by atoms with Gasteiger partial charge in [-0.15, -0.1) is 0 Å². The number of carbonyl (C=O) groups excluding carboxylic acids is 1. The third-order valence-electron chi connectivity index (χ3n) is 9.61. The number of unbranched alkanes of at least 4 members (excludes halogenated alkanes) is 20. The van der Waals surface area contributed by atoms with E-state index in [1.165, 1.54) is 109 Å². The van der Waals surface area contributed by atoms with Crippen molar-refractivity contribution in [3.05, 3.63) is 48.6 Å². The predicted octanol–water partition coefficient (Wildman–Crippen LogP) is 13.6. The minimum atomic E-state index is -4.28. The first-order valence-electron chi connectivity index (χ1n) is 22.9. The zero-order valence-corrected chi connectivity index (χ0v) is 38.0. The van der Waals surface area contributed by atoms with E-state index in [1.54, 1.807) is 0 Å². The molecular formula is C47H89NO7P+. The number of hydrogen-bond acceptors (Lipinski definition) is 6. The van der Waals surface area contributed by atoms with Gasteiger partial charge < -0.3 is 18.9 Å². The summed E-state index contributed by atoms with van der Waals surface area (Å²) < 4.78 is 35.0. The lowest BCUT2D eigenvalue weighted by Crippen LogP contribution is -2.37. The minimum Gasteiger partial charge on any atom is -0.457 e. The maximum absolute atomic E-state index is 12.7. The minimum absolute atomic E-state index is 0.0833. The molecule has 0 fully saturated rings. The van der Waals surface area contributed by atoms with Crippen molar-refractivity contribution in [2.24, 2.45) is 0 Å². The van der Waals surface area contributed by atoms with Crippen LogP contribution in [-0.4, -0.2) is 75.6 Å². The molecule has 0 radical (unpaired) electrons. The molecule has 9 heteroatoms. The largest absolute Gasteiger partial charge is 0.472 e. The first-order chi connectivity index (χ1) is 27.1. The molecule has 56 heavy (non-hydrogen) atoms. The average molecular weight is 811 g/mol. The molecule has 0 bridgehead atoms. The van der Waals surface area contributed by atoms with Gasteiger partial charge in [-0.2, -0.15) is 0 Å². The quantitative estimate of drug-likeness (QED) is 0.0216. The van der Waals surface area contributed by atoms with Crippen LogP contribution in [0.2, 0.25) is 0 Å². The lowest BCUT2D eigenvalue weighted by atomic mass is 10.1. The molecule has 0 aromatic carbocycles. The molecule has 328 valence electrons. The highest BCUT2D eigenvalue weighted by Gasteiger charge is 2.26. The molecule has 0 saturated carbocycles. The van der Waals surface area contributed by atoms with Crippen molar-refractivity contribution in [2.45, 2.75) is 193 Å². The van der Waals surface area contributed by atoms with Crippen LogP contribution in [-0.2, 0) is 27.9 Å². The van der Waals surface area contributed by atoms with Crippen LogP contribution in [0.5, 0.6) is 0 Å². The molecule has 0 spiro atoms. The molecule has 0 rings (SSSR count). The Kier molecular flexibility index (Phi) is 39.1. The Balaban J connectivity index is 4.26. The van der Waals surface area contributed by atoms with Gasteiger partial charge in [0.2, 0.25) is 0 Å². The maximum Gasteiger partial charge on any atom is 0.472 e. The van der Waals surface area contributed by atoms with Crippen LogP contribution in [0.15, 0.2) is 48.6 Å². The van der Waals surface area contributed by atoms with Crippen molar-refractivity contribution in [3.8, 4) is 0 Å². The summed E-state index contributed by atoms with van der Waals surface area (Å²) in [5.41, 5.74) is 0. The Morgan fingerprint density at radius 1 is 0.554 bits per heavy atom. The first-order valence-corrected chi connectivity index (χ1v) is 24.4. The average Bonchev–Trinajstić information content (AvgIpc) is 3.15. The summed E-state index contributed by atoms with van der Waals surface area (Å²) in [5.74, 6) is -0.326. The van der Waals surface area contributed by atoms with Crippen LogP contribution in [0.4, 0.5) is 0 Å². The lowest BCUT2D eigenvalue weighted by Gasteiger charge is -2.24.